The SMILES string of the molecule is Cc1nc(N2CCOCC2)cc(N2CCN(c3ccc(F)cc3)CC2)n1. The van der Waals surface area contributed by atoms with Crippen LogP contribution in [0.15, 0.2) is 30.3 Å². The van der Waals surface area contributed by atoms with Crippen LogP contribution in [0.25, 0.3) is 0 Å². The summed E-state index contributed by atoms with van der Waals surface area (Å²) in [6.45, 7) is 8.73. The number of ether oxygens (including phenoxy) is 1. The van der Waals surface area contributed by atoms with Crippen LogP contribution in [0.4, 0.5) is 21.7 Å². The number of halogens is 1. The van der Waals surface area contributed by atoms with Gasteiger partial charge in [0.25, 0.3) is 0 Å². The zero-order valence-corrected chi connectivity index (χ0v) is 15.1. The fourth-order valence-electron chi connectivity index (χ4n) is 3.50. The molecule has 2 fully saturated rings. The summed E-state index contributed by atoms with van der Waals surface area (Å²) in [5.41, 5.74) is 1.07. The lowest BCUT2D eigenvalue weighted by molar-refractivity contribution is 0.122. The average molecular weight is 357 g/mol. The molecule has 0 spiro atoms. The van der Waals surface area contributed by atoms with Gasteiger partial charge in [0.1, 0.15) is 23.3 Å². The molecule has 4 rings (SSSR count). The smallest absolute Gasteiger partial charge is 0.134 e. The number of nitrogens with zero attached hydrogens (tertiary/aromatic N) is 5. The second-order valence-electron chi connectivity index (χ2n) is 6.68. The normalized spacial score (nSPS) is 18.3. The fraction of sp³-hybridized carbons (Fsp3) is 0.474. The number of hydrogen-bond acceptors (Lipinski definition) is 6. The van der Waals surface area contributed by atoms with Crippen LogP contribution in [0.2, 0.25) is 0 Å². The van der Waals surface area contributed by atoms with Crippen molar-refractivity contribution in [3.63, 3.8) is 0 Å². The van der Waals surface area contributed by atoms with Crippen molar-refractivity contribution in [1.29, 1.82) is 0 Å². The summed E-state index contributed by atoms with van der Waals surface area (Å²) >= 11 is 0. The predicted molar refractivity (Wildman–Crippen MR) is 101 cm³/mol. The molecule has 2 saturated heterocycles. The van der Waals surface area contributed by atoms with Crippen LogP contribution in [0.1, 0.15) is 5.82 Å². The van der Waals surface area contributed by atoms with E-state index in [0.29, 0.717) is 0 Å². The number of anilines is 3. The summed E-state index contributed by atoms with van der Waals surface area (Å²) in [5, 5.41) is 0. The number of benzene rings is 1. The maximum Gasteiger partial charge on any atom is 0.134 e. The largest absolute Gasteiger partial charge is 0.378 e. The molecule has 138 valence electrons. The summed E-state index contributed by atoms with van der Waals surface area (Å²) < 4.78 is 18.5. The van der Waals surface area contributed by atoms with Gasteiger partial charge in [-0.3, -0.25) is 0 Å². The quantitative estimate of drug-likeness (QED) is 0.838. The minimum atomic E-state index is -0.195. The van der Waals surface area contributed by atoms with Gasteiger partial charge in [-0.1, -0.05) is 0 Å². The van der Waals surface area contributed by atoms with Crippen LogP contribution in [0, 0.1) is 12.7 Å². The number of hydrogen-bond donors (Lipinski definition) is 0. The fourth-order valence-corrected chi connectivity index (χ4v) is 3.50. The summed E-state index contributed by atoms with van der Waals surface area (Å²) in [6.07, 6.45) is 0. The second kappa shape index (κ2) is 7.45. The molecular weight excluding hydrogens is 333 g/mol. The topological polar surface area (TPSA) is 44.7 Å². The zero-order chi connectivity index (χ0) is 17.9. The molecule has 6 nitrogen and oxygen atoms in total. The minimum absolute atomic E-state index is 0.195. The van der Waals surface area contributed by atoms with E-state index in [1.165, 1.54) is 12.1 Å². The standard InChI is InChI=1S/C19H24FN5O/c1-15-21-18(14-19(22-15)25-10-12-26-13-11-25)24-8-6-23(7-9-24)17-4-2-16(20)3-5-17/h2-5,14H,6-13H2,1H3. The third kappa shape index (κ3) is 3.72. The summed E-state index contributed by atoms with van der Waals surface area (Å²) in [5.74, 6) is 2.57. The lowest BCUT2D eigenvalue weighted by atomic mass is 10.2. The van der Waals surface area contributed by atoms with Crippen LogP contribution in [0.3, 0.4) is 0 Å². The summed E-state index contributed by atoms with van der Waals surface area (Å²) in [6, 6.07) is 8.81. The van der Waals surface area contributed by atoms with Gasteiger partial charge in [0.05, 0.1) is 13.2 Å². The number of piperazine rings is 1. The maximum absolute atomic E-state index is 13.1. The van der Waals surface area contributed by atoms with Crippen LogP contribution in [-0.4, -0.2) is 62.5 Å². The molecule has 2 aliphatic rings. The first-order valence-corrected chi connectivity index (χ1v) is 9.13. The van der Waals surface area contributed by atoms with Crippen molar-refractivity contribution in [3.05, 3.63) is 42.0 Å². The lowest BCUT2D eigenvalue weighted by Crippen LogP contribution is -2.47. The van der Waals surface area contributed by atoms with Crippen molar-refractivity contribution in [1.82, 2.24) is 9.97 Å². The molecule has 0 saturated carbocycles. The van der Waals surface area contributed by atoms with Crippen molar-refractivity contribution in [2.24, 2.45) is 0 Å². The third-order valence-electron chi connectivity index (χ3n) is 4.94. The predicted octanol–water partition coefficient (Wildman–Crippen LogP) is 2.09. The van der Waals surface area contributed by atoms with Crippen molar-refractivity contribution >= 4 is 17.3 Å². The zero-order valence-electron chi connectivity index (χ0n) is 15.1. The van der Waals surface area contributed by atoms with Gasteiger partial charge in [-0.05, 0) is 31.2 Å². The van der Waals surface area contributed by atoms with Gasteiger partial charge in [0.2, 0.25) is 0 Å². The van der Waals surface area contributed by atoms with E-state index < -0.39 is 0 Å². The lowest BCUT2D eigenvalue weighted by Gasteiger charge is -2.37. The Morgan fingerprint density at radius 3 is 1.96 bits per heavy atom. The van der Waals surface area contributed by atoms with Gasteiger partial charge in [-0.2, -0.15) is 0 Å². The first-order chi connectivity index (χ1) is 12.7. The molecule has 0 radical (unpaired) electrons. The van der Waals surface area contributed by atoms with E-state index in [0.717, 1.165) is 75.6 Å². The number of aryl methyl sites for hydroxylation is 1. The number of aromatic nitrogens is 2. The van der Waals surface area contributed by atoms with E-state index >= 15 is 0 Å². The van der Waals surface area contributed by atoms with Gasteiger partial charge in [-0.15, -0.1) is 0 Å². The molecule has 0 atom stereocenters. The Bertz CT molecular complexity index is 740. The molecule has 0 amide bonds. The molecule has 0 N–H and O–H groups in total. The number of rotatable bonds is 3. The molecule has 0 unspecified atom stereocenters. The van der Waals surface area contributed by atoms with Crippen LogP contribution < -0.4 is 14.7 Å². The van der Waals surface area contributed by atoms with Gasteiger partial charge in [0, 0.05) is 51.0 Å². The van der Waals surface area contributed by atoms with Crippen molar-refractivity contribution < 1.29 is 9.13 Å². The molecule has 2 aromatic rings. The molecule has 0 bridgehead atoms. The second-order valence-corrected chi connectivity index (χ2v) is 6.68. The van der Waals surface area contributed by atoms with E-state index in [-0.39, 0.29) is 5.82 Å². The Kier molecular flexibility index (Phi) is 4.88. The third-order valence-corrected chi connectivity index (χ3v) is 4.94. The molecule has 7 heteroatoms. The van der Waals surface area contributed by atoms with Gasteiger partial charge >= 0.3 is 0 Å². The van der Waals surface area contributed by atoms with Gasteiger partial charge in [-0.25, -0.2) is 14.4 Å². The molecular formula is C19H24FN5O. The van der Waals surface area contributed by atoms with E-state index in [4.69, 9.17) is 4.74 Å². The van der Waals surface area contributed by atoms with Crippen LogP contribution in [0.5, 0.6) is 0 Å². The highest BCUT2D eigenvalue weighted by atomic mass is 19.1. The van der Waals surface area contributed by atoms with Crippen LogP contribution >= 0.6 is 0 Å². The molecule has 3 heterocycles. The average Bonchev–Trinajstić information content (AvgIpc) is 2.69. The first-order valence-electron chi connectivity index (χ1n) is 9.13. The Morgan fingerprint density at radius 2 is 1.35 bits per heavy atom. The van der Waals surface area contributed by atoms with Crippen molar-refractivity contribution in [2.45, 2.75) is 6.92 Å². The Labute approximate surface area is 153 Å². The summed E-state index contributed by atoms with van der Waals surface area (Å²) in [4.78, 5) is 16.1. The highest BCUT2D eigenvalue weighted by Crippen LogP contribution is 2.23. The molecule has 1 aromatic heterocycles. The Morgan fingerprint density at radius 1 is 0.808 bits per heavy atom. The number of morpholine rings is 1. The molecule has 26 heavy (non-hydrogen) atoms. The van der Waals surface area contributed by atoms with Crippen molar-refractivity contribution in [3.8, 4) is 0 Å². The minimum Gasteiger partial charge on any atom is -0.378 e. The van der Waals surface area contributed by atoms with E-state index in [1.807, 2.05) is 19.1 Å². The van der Waals surface area contributed by atoms with E-state index in [1.54, 1.807) is 0 Å². The molecule has 0 aliphatic carbocycles. The van der Waals surface area contributed by atoms with Crippen LogP contribution in [-0.2, 0) is 4.74 Å². The highest BCUT2D eigenvalue weighted by Gasteiger charge is 2.21. The van der Waals surface area contributed by atoms with Gasteiger partial charge < -0.3 is 19.4 Å². The maximum atomic E-state index is 13.1. The monoisotopic (exact) mass is 357 g/mol. The molecule has 1 aromatic carbocycles. The van der Waals surface area contributed by atoms with Gasteiger partial charge in [0.15, 0.2) is 0 Å². The summed E-state index contributed by atoms with van der Waals surface area (Å²) in [7, 11) is 0. The first kappa shape index (κ1) is 17.0. The Balaban J connectivity index is 1.45. The Hall–Kier alpha value is -2.41. The molecule has 2 aliphatic heterocycles. The van der Waals surface area contributed by atoms with E-state index in [2.05, 4.69) is 30.7 Å². The van der Waals surface area contributed by atoms with E-state index in [9.17, 15) is 4.39 Å². The highest BCUT2D eigenvalue weighted by molar-refractivity contribution is 5.53. The van der Waals surface area contributed by atoms with Crippen molar-refractivity contribution in [2.75, 3.05) is 67.2 Å².